The van der Waals surface area contributed by atoms with Gasteiger partial charge in [0.25, 0.3) is 10.0 Å². The number of nitrogens with zero attached hydrogens (tertiary/aromatic N) is 3. The lowest BCUT2D eigenvalue weighted by Crippen LogP contribution is -2.12. The molecule has 3 aromatic heterocycles. The maximum absolute atomic E-state index is 13.3. The lowest BCUT2D eigenvalue weighted by molar-refractivity contribution is 0.588. The van der Waals surface area contributed by atoms with Gasteiger partial charge in [-0.05, 0) is 42.9 Å². The first-order chi connectivity index (χ1) is 14.4. The van der Waals surface area contributed by atoms with E-state index in [0.717, 1.165) is 10.9 Å². The topological polar surface area (TPSA) is 88.9 Å². The average Bonchev–Trinajstić information content (AvgIpc) is 3.11. The van der Waals surface area contributed by atoms with Gasteiger partial charge in [0.15, 0.2) is 0 Å². The smallest absolute Gasteiger partial charge is 0.269 e. The highest BCUT2D eigenvalue weighted by molar-refractivity contribution is 7.90. The molecular weight excluding hydrogens is 481 g/mol. The van der Waals surface area contributed by atoms with Gasteiger partial charge in [-0.3, -0.25) is 4.98 Å². The molecule has 31 heavy (non-hydrogen) atoms. The number of anilines is 2. The quantitative estimate of drug-likeness (QED) is 0.369. The molecule has 0 spiro atoms. The van der Waals surface area contributed by atoms with Crippen LogP contribution in [-0.4, -0.2) is 29.4 Å². The maximum atomic E-state index is 13.3. The summed E-state index contributed by atoms with van der Waals surface area (Å²) >= 11 is 12.2. The molecule has 162 valence electrons. The standard InChI is InChI=1S/C20H17Cl2N5O2S.ClH/c1-23-10-13-12-27(30(28,29)15-3-2-7-24-11-15)18-9-14(4-5-16(13)18)26-17-6-8-25-20(22)19(17)21;/h2-9,11-12,23H,10H2,1H3,(H,25,26);1H. The Kier molecular flexibility index (Phi) is 7.08. The molecule has 11 heteroatoms. The third-order valence-electron chi connectivity index (χ3n) is 4.54. The van der Waals surface area contributed by atoms with E-state index < -0.39 is 10.0 Å². The normalized spacial score (nSPS) is 11.3. The van der Waals surface area contributed by atoms with Crippen molar-refractivity contribution in [1.29, 1.82) is 0 Å². The highest BCUT2D eigenvalue weighted by atomic mass is 35.5. The predicted molar refractivity (Wildman–Crippen MR) is 126 cm³/mol. The SMILES string of the molecule is CNCc1cn(S(=O)(=O)c2cccnc2)c2cc(Nc3ccnc(Cl)c3Cl)ccc12.Cl. The summed E-state index contributed by atoms with van der Waals surface area (Å²) in [5.41, 5.74) is 2.62. The van der Waals surface area contributed by atoms with Gasteiger partial charge in [-0.1, -0.05) is 29.3 Å². The Labute approximate surface area is 195 Å². The van der Waals surface area contributed by atoms with Gasteiger partial charge in [-0.2, -0.15) is 0 Å². The van der Waals surface area contributed by atoms with E-state index in [1.165, 1.54) is 28.6 Å². The zero-order chi connectivity index (χ0) is 21.3. The summed E-state index contributed by atoms with van der Waals surface area (Å²) < 4.78 is 27.8. The molecule has 2 N–H and O–H groups in total. The van der Waals surface area contributed by atoms with Crippen LogP contribution in [0, 0.1) is 0 Å². The molecule has 3 heterocycles. The van der Waals surface area contributed by atoms with Gasteiger partial charge in [-0.25, -0.2) is 17.4 Å². The number of rotatable bonds is 6. The molecule has 0 radical (unpaired) electrons. The van der Waals surface area contributed by atoms with Crippen molar-refractivity contribution in [1.82, 2.24) is 19.3 Å². The molecule has 4 rings (SSSR count). The Morgan fingerprint density at radius 1 is 1.13 bits per heavy atom. The number of pyridine rings is 2. The lowest BCUT2D eigenvalue weighted by atomic mass is 10.1. The number of halogens is 3. The van der Waals surface area contributed by atoms with Crippen molar-refractivity contribution in [3.63, 3.8) is 0 Å². The molecule has 0 saturated carbocycles. The highest BCUT2D eigenvalue weighted by Gasteiger charge is 2.21. The Bertz CT molecular complexity index is 1330. The van der Waals surface area contributed by atoms with Crippen LogP contribution in [0.4, 0.5) is 11.4 Å². The number of nitrogens with one attached hydrogen (secondary N) is 2. The van der Waals surface area contributed by atoms with Crippen LogP contribution < -0.4 is 10.6 Å². The monoisotopic (exact) mass is 497 g/mol. The molecule has 0 bridgehead atoms. The molecule has 7 nitrogen and oxygen atoms in total. The molecule has 0 aliphatic heterocycles. The van der Waals surface area contributed by atoms with Gasteiger partial charge in [0.05, 0.1) is 11.2 Å². The van der Waals surface area contributed by atoms with E-state index >= 15 is 0 Å². The van der Waals surface area contributed by atoms with Gasteiger partial charge < -0.3 is 10.6 Å². The molecule has 0 saturated heterocycles. The summed E-state index contributed by atoms with van der Waals surface area (Å²) in [6.45, 7) is 0.518. The number of fused-ring (bicyclic) bond motifs is 1. The second-order valence-electron chi connectivity index (χ2n) is 6.49. The van der Waals surface area contributed by atoms with E-state index in [9.17, 15) is 8.42 Å². The molecule has 0 aliphatic rings. The fraction of sp³-hybridized carbons (Fsp3) is 0.100. The van der Waals surface area contributed by atoms with E-state index in [1.54, 1.807) is 24.4 Å². The zero-order valence-corrected chi connectivity index (χ0v) is 19.4. The molecule has 0 amide bonds. The van der Waals surface area contributed by atoms with Crippen molar-refractivity contribution in [2.24, 2.45) is 0 Å². The first-order valence-corrected chi connectivity index (χ1v) is 11.1. The summed E-state index contributed by atoms with van der Waals surface area (Å²) in [7, 11) is -2.02. The van der Waals surface area contributed by atoms with Gasteiger partial charge in [0.2, 0.25) is 0 Å². The molecule has 0 aliphatic carbocycles. The number of benzene rings is 1. The number of hydrogen-bond donors (Lipinski definition) is 2. The zero-order valence-electron chi connectivity index (χ0n) is 16.2. The van der Waals surface area contributed by atoms with Crippen molar-refractivity contribution in [3.05, 3.63) is 76.9 Å². The molecule has 1 aromatic carbocycles. The summed E-state index contributed by atoms with van der Waals surface area (Å²) in [5, 5.41) is 7.53. The second kappa shape index (κ2) is 9.42. The van der Waals surface area contributed by atoms with Crippen molar-refractivity contribution in [3.8, 4) is 0 Å². The van der Waals surface area contributed by atoms with Crippen LogP contribution in [0.15, 0.2) is 66.1 Å². The van der Waals surface area contributed by atoms with Gasteiger partial charge in [-0.15, -0.1) is 12.4 Å². The summed E-state index contributed by atoms with van der Waals surface area (Å²) in [6, 6.07) is 10.3. The Morgan fingerprint density at radius 2 is 1.94 bits per heavy atom. The Morgan fingerprint density at radius 3 is 2.65 bits per heavy atom. The van der Waals surface area contributed by atoms with E-state index in [0.29, 0.717) is 23.4 Å². The van der Waals surface area contributed by atoms with Gasteiger partial charge >= 0.3 is 0 Å². The largest absolute Gasteiger partial charge is 0.354 e. The number of aromatic nitrogens is 3. The van der Waals surface area contributed by atoms with Crippen molar-refractivity contribution in [2.75, 3.05) is 12.4 Å². The van der Waals surface area contributed by atoms with Crippen LogP contribution in [0.2, 0.25) is 10.2 Å². The van der Waals surface area contributed by atoms with Crippen LogP contribution in [0.1, 0.15) is 5.56 Å². The molecule has 0 atom stereocenters. The fourth-order valence-corrected chi connectivity index (χ4v) is 4.82. The van der Waals surface area contributed by atoms with Crippen molar-refractivity contribution < 1.29 is 8.42 Å². The second-order valence-corrected chi connectivity index (χ2v) is 9.05. The summed E-state index contributed by atoms with van der Waals surface area (Å²) in [4.78, 5) is 7.98. The van der Waals surface area contributed by atoms with Crippen LogP contribution in [0.5, 0.6) is 0 Å². The summed E-state index contributed by atoms with van der Waals surface area (Å²) in [5.74, 6) is 0. The molecular formula is C20H18Cl3N5O2S. The molecule has 4 aromatic rings. The van der Waals surface area contributed by atoms with Crippen LogP contribution in [0.3, 0.4) is 0 Å². The van der Waals surface area contributed by atoms with Crippen molar-refractivity contribution >= 4 is 67.9 Å². The van der Waals surface area contributed by atoms with E-state index in [4.69, 9.17) is 23.2 Å². The van der Waals surface area contributed by atoms with Crippen molar-refractivity contribution in [2.45, 2.75) is 11.4 Å². The minimum absolute atomic E-state index is 0. The fourth-order valence-electron chi connectivity index (χ4n) is 3.16. The Hall–Kier alpha value is -2.36. The molecule has 0 unspecified atom stereocenters. The maximum Gasteiger partial charge on any atom is 0.269 e. The van der Waals surface area contributed by atoms with Crippen LogP contribution in [0.25, 0.3) is 10.9 Å². The first kappa shape index (κ1) is 23.3. The van der Waals surface area contributed by atoms with Crippen LogP contribution in [-0.2, 0) is 16.6 Å². The van der Waals surface area contributed by atoms with Crippen LogP contribution >= 0.6 is 35.6 Å². The van der Waals surface area contributed by atoms with E-state index in [2.05, 4.69) is 20.6 Å². The third-order valence-corrected chi connectivity index (χ3v) is 6.96. The van der Waals surface area contributed by atoms with Gasteiger partial charge in [0, 0.05) is 42.4 Å². The molecule has 0 fully saturated rings. The minimum atomic E-state index is -3.83. The van der Waals surface area contributed by atoms with Gasteiger partial charge in [0.1, 0.15) is 15.1 Å². The number of hydrogen-bond acceptors (Lipinski definition) is 6. The van der Waals surface area contributed by atoms with E-state index in [-0.39, 0.29) is 27.5 Å². The lowest BCUT2D eigenvalue weighted by Gasteiger charge is -2.11. The average molecular weight is 499 g/mol. The van der Waals surface area contributed by atoms with E-state index in [1.807, 2.05) is 19.2 Å². The first-order valence-electron chi connectivity index (χ1n) is 8.93. The summed E-state index contributed by atoms with van der Waals surface area (Å²) in [6.07, 6.45) is 6.03. The minimum Gasteiger partial charge on any atom is -0.354 e. The third kappa shape index (κ3) is 4.49. The highest BCUT2D eigenvalue weighted by Crippen LogP contribution is 2.33. The Balaban J connectivity index is 0.00000272. The predicted octanol–water partition coefficient (Wildman–Crippen LogP) is 4.86.